The topological polar surface area (TPSA) is 60.2 Å². The summed E-state index contributed by atoms with van der Waals surface area (Å²) < 4.78 is 22.3. The summed E-state index contributed by atoms with van der Waals surface area (Å²) in [6.45, 7) is 4.51. The highest BCUT2D eigenvalue weighted by molar-refractivity contribution is 7.90. The third-order valence-corrected chi connectivity index (χ3v) is 5.26. The van der Waals surface area contributed by atoms with Crippen molar-refractivity contribution in [2.24, 2.45) is 17.1 Å². The van der Waals surface area contributed by atoms with Crippen molar-refractivity contribution >= 4 is 9.84 Å². The minimum absolute atomic E-state index is 0.171. The molecule has 0 aliphatic heterocycles. The molecule has 1 aliphatic rings. The van der Waals surface area contributed by atoms with Gasteiger partial charge < -0.3 is 5.73 Å². The molecular formula is C14H29NO2S. The van der Waals surface area contributed by atoms with Crippen LogP contribution in [0, 0.1) is 11.3 Å². The van der Waals surface area contributed by atoms with Crippen molar-refractivity contribution in [3.8, 4) is 0 Å². The van der Waals surface area contributed by atoms with Crippen molar-refractivity contribution in [3.05, 3.63) is 0 Å². The highest BCUT2D eigenvalue weighted by Gasteiger charge is 2.39. The Kier molecular flexibility index (Phi) is 5.66. The molecule has 1 rings (SSSR count). The Morgan fingerprint density at radius 2 is 1.78 bits per heavy atom. The van der Waals surface area contributed by atoms with Gasteiger partial charge in [0.25, 0.3) is 0 Å². The van der Waals surface area contributed by atoms with Crippen molar-refractivity contribution in [2.75, 3.05) is 12.0 Å². The minimum atomic E-state index is -2.84. The first-order chi connectivity index (χ1) is 8.25. The molecule has 108 valence electrons. The van der Waals surface area contributed by atoms with E-state index in [4.69, 9.17) is 5.73 Å². The van der Waals surface area contributed by atoms with E-state index >= 15 is 0 Å². The monoisotopic (exact) mass is 275 g/mol. The molecule has 0 saturated heterocycles. The van der Waals surface area contributed by atoms with Gasteiger partial charge in [0.15, 0.2) is 0 Å². The molecule has 0 radical (unpaired) electrons. The van der Waals surface area contributed by atoms with Gasteiger partial charge in [0.05, 0.1) is 0 Å². The average molecular weight is 275 g/mol. The third kappa shape index (κ3) is 4.88. The molecule has 3 nitrogen and oxygen atoms in total. The molecule has 2 N–H and O–H groups in total. The second-order valence-electron chi connectivity index (χ2n) is 6.55. The van der Waals surface area contributed by atoms with E-state index in [1.807, 2.05) is 0 Å². The highest BCUT2D eigenvalue weighted by Crippen LogP contribution is 2.46. The summed E-state index contributed by atoms with van der Waals surface area (Å²) in [6.07, 6.45) is 9.07. The third-order valence-electron chi connectivity index (χ3n) is 4.23. The fourth-order valence-electron chi connectivity index (χ4n) is 3.49. The van der Waals surface area contributed by atoms with Gasteiger partial charge in [0.2, 0.25) is 0 Å². The van der Waals surface area contributed by atoms with Crippen LogP contribution in [0.2, 0.25) is 0 Å². The first-order valence-corrected chi connectivity index (χ1v) is 9.24. The Hall–Kier alpha value is -0.0900. The lowest BCUT2D eigenvalue weighted by atomic mass is 9.71. The number of nitrogens with two attached hydrogens (primary N) is 1. The highest BCUT2D eigenvalue weighted by atomic mass is 32.2. The average Bonchev–Trinajstić information content (AvgIpc) is 2.64. The number of hydrogen-bond acceptors (Lipinski definition) is 3. The normalized spacial score (nSPS) is 21.4. The summed E-state index contributed by atoms with van der Waals surface area (Å²) in [5.74, 6) is 0.947. The largest absolute Gasteiger partial charge is 0.327 e. The van der Waals surface area contributed by atoms with Crippen LogP contribution in [0.4, 0.5) is 0 Å². The van der Waals surface area contributed by atoms with Crippen molar-refractivity contribution in [1.29, 1.82) is 0 Å². The molecule has 0 spiro atoms. The van der Waals surface area contributed by atoms with Crippen molar-refractivity contribution in [1.82, 2.24) is 0 Å². The summed E-state index contributed by atoms with van der Waals surface area (Å²) in [7, 11) is -2.84. The fraction of sp³-hybridized carbons (Fsp3) is 1.00. The van der Waals surface area contributed by atoms with Crippen LogP contribution in [0.25, 0.3) is 0 Å². The standard InChI is InChI=1S/C14H29NO2S/c1-12(2)11-14(8-4-5-9-14)13(15)7-6-10-18(3,16)17/h12-13H,4-11,15H2,1-3H3. The first-order valence-electron chi connectivity index (χ1n) is 7.18. The van der Waals surface area contributed by atoms with E-state index in [1.165, 1.54) is 38.4 Å². The molecule has 1 fully saturated rings. The molecule has 1 aliphatic carbocycles. The van der Waals surface area contributed by atoms with Crippen molar-refractivity contribution in [2.45, 2.75) is 64.8 Å². The maximum absolute atomic E-state index is 11.2. The molecule has 0 aromatic carbocycles. The summed E-state index contributed by atoms with van der Waals surface area (Å²) >= 11 is 0. The SMILES string of the molecule is CC(C)CC1(C(N)CCCS(C)(=O)=O)CCCC1. The van der Waals surface area contributed by atoms with Crippen molar-refractivity contribution in [3.63, 3.8) is 0 Å². The predicted molar refractivity (Wildman–Crippen MR) is 77.3 cm³/mol. The van der Waals surface area contributed by atoms with E-state index in [2.05, 4.69) is 13.8 Å². The van der Waals surface area contributed by atoms with Crippen LogP contribution < -0.4 is 5.73 Å². The summed E-state index contributed by atoms with van der Waals surface area (Å²) in [6, 6.07) is 0.171. The van der Waals surface area contributed by atoms with Gasteiger partial charge in [-0.25, -0.2) is 8.42 Å². The lowest BCUT2D eigenvalue weighted by Crippen LogP contribution is -2.41. The molecule has 1 saturated carbocycles. The van der Waals surface area contributed by atoms with E-state index in [9.17, 15) is 8.42 Å². The van der Waals surface area contributed by atoms with Crippen LogP contribution in [-0.2, 0) is 9.84 Å². The lowest BCUT2D eigenvalue weighted by molar-refractivity contribution is 0.175. The van der Waals surface area contributed by atoms with Gasteiger partial charge in [0, 0.05) is 18.1 Å². The maximum atomic E-state index is 11.2. The maximum Gasteiger partial charge on any atom is 0.147 e. The second-order valence-corrected chi connectivity index (χ2v) is 8.81. The van der Waals surface area contributed by atoms with E-state index in [0.29, 0.717) is 12.3 Å². The van der Waals surface area contributed by atoms with Crippen LogP contribution >= 0.6 is 0 Å². The van der Waals surface area contributed by atoms with E-state index in [0.717, 1.165) is 6.42 Å². The molecule has 0 aromatic rings. The van der Waals surface area contributed by atoms with E-state index in [1.54, 1.807) is 0 Å². The fourth-order valence-corrected chi connectivity index (χ4v) is 4.18. The molecule has 4 heteroatoms. The summed E-state index contributed by atoms with van der Waals surface area (Å²) in [4.78, 5) is 0. The number of sulfone groups is 1. The van der Waals surface area contributed by atoms with Crippen LogP contribution in [-0.4, -0.2) is 26.5 Å². The van der Waals surface area contributed by atoms with Gasteiger partial charge in [-0.05, 0) is 43.4 Å². The Morgan fingerprint density at radius 1 is 1.22 bits per heavy atom. The van der Waals surface area contributed by atoms with Gasteiger partial charge in [-0.1, -0.05) is 26.7 Å². The number of hydrogen-bond donors (Lipinski definition) is 1. The molecule has 0 amide bonds. The minimum Gasteiger partial charge on any atom is -0.327 e. The van der Waals surface area contributed by atoms with E-state index < -0.39 is 9.84 Å². The Labute approximate surface area is 112 Å². The molecule has 1 unspecified atom stereocenters. The van der Waals surface area contributed by atoms with Crippen LogP contribution in [0.15, 0.2) is 0 Å². The van der Waals surface area contributed by atoms with Gasteiger partial charge >= 0.3 is 0 Å². The molecule has 0 heterocycles. The zero-order valence-corrected chi connectivity index (χ0v) is 12.9. The second kappa shape index (κ2) is 6.38. The molecular weight excluding hydrogens is 246 g/mol. The summed E-state index contributed by atoms with van der Waals surface area (Å²) in [5.41, 5.74) is 6.68. The summed E-state index contributed by atoms with van der Waals surface area (Å²) in [5, 5.41) is 0. The zero-order chi connectivity index (χ0) is 13.8. The predicted octanol–water partition coefficient (Wildman–Crippen LogP) is 2.75. The molecule has 18 heavy (non-hydrogen) atoms. The van der Waals surface area contributed by atoms with E-state index in [-0.39, 0.29) is 17.2 Å². The number of rotatable bonds is 7. The molecule has 0 aromatic heterocycles. The van der Waals surface area contributed by atoms with Gasteiger partial charge in [-0.3, -0.25) is 0 Å². The van der Waals surface area contributed by atoms with Gasteiger partial charge in [0.1, 0.15) is 9.84 Å². The Morgan fingerprint density at radius 3 is 2.22 bits per heavy atom. The van der Waals surface area contributed by atoms with Gasteiger partial charge in [-0.2, -0.15) is 0 Å². The lowest BCUT2D eigenvalue weighted by Gasteiger charge is -2.37. The quantitative estimate of drug-likeness (QED) is 0.777. The first kappa shape index (κ1) is 16.0. The van der Waals surface area contributed by atoms with Crippen LogP contribution in [0.3, 0.4) is 0 Å². The van der Waals surface area contributed by atoms with Gasteiger partial charge in [-0.15, -0.1) is 0 Å². The molecule has 1 atom stereocenters. The molecule has 0 bridgehead atoms. The van der Waals surface area contributed by atoms with Crippen LogP contribution in [0.5, 0.6) is 0 Å². The Balaban J connectivity index is 2.52. The van der Waals surface area contributed by atoms with Crippen LogP contribution in [0.1, 0.15) is 58.8 Å². The Bertz CT molecular complexity index is 343. The zero-order valence-electron chi connectivity index (χ0n) is 12.1. The van der Waals surface area contributed by atoms with Crippen molar-refractivity contribution < 1.29 is 8.42 Å². The smallest absolute Gasteiger partial charge is 0.147 e.